The van der Waals surface area contributed by atoms with Crippen molar-refractivity contribution < 1.29 is 4.74 Å². The Balaban J connectivity index is 1.75. The molecule has 0 aromatic heterocycles. The van der Waals surface area contributed by atoms with Crippen molar-refractivity contribution in [2.75, 3.05) is 24.2 Å². The number of ether oxygens (including phenoxy) is 1. The van der Waals surface area contributed by atoms with E-state index in [0.29, 0.717) is 17.9 Å². The molecule has 2 aromatic rings. The minimum Gasteiger partial charge on any atom is -0.494 e. The number of nitrogens with zero attached hydrogens (tertiary/aromatic N) is 1. The third-order valence-electron chi connectivity index (χ3n) is 2.83. The van der Waals surface area contributed by atoms with Crippen molar-refractivity contribution in [3.8, 4) is 11.8 Å². The Morgan fingerprint density at radius 3 is 2.70 bits per heavy atom. The summed E-state index contributed by atoms with van der Waals surface area (Å²) in [5, 5.41) is 12.1. The Morgan fingerprint density at radius 1 is 1.15 bits per heavy atom. The molecule has 0 bridgehead atoms. The van der Waals surface area contributed by atoms with Gasteiger partial charge in [-0.15, -0.1) is 0 Å². The molecule has 0 aliphatic rings. The van der Waals surface area contributed by atoms with Crippen molar-refractivity contribution in [2.45, 2.75) is 6.42 Å². The van der Waals surface area contributed by atoms with Gasteiger partial charge >= 0.3 is 0 Å². The summed E-state index contributed by atoms with van der Waals surface area (Å²) in [6.07, 6.45) is 0.852. The summed E-state index contributed by atoms with van der Waals surface area (Å²) in [5.41, 5.74) is 7.89. The summed E-state index contributed by atoms with van der Waals surface area (Å²) >= 11 is 0. The Hall–Kier alpha value is -2.67. The fraction of sp³-hybridized carbons (Fsp3) is 0.188. The first-order valence-electron chi connectivity index (χ1n) is 6.51. The standard InChI is InChI=1S/C16H17N3O/c17-12-13-7-8-15(18)16(11-13)19-9-4-10-20-14-5-2-1-3-6-14/h1-3,5-8,11,19H,4,9-10,18H2. The zero-order valence-corrected chi connectivity index (χ0v) is 11.2. The smallest absolute Gasteiger partial charge is 0.119 e. The van der Waals surface area contributed by atoms with Crippen molar-refractivity contribution in [3.63, 3.8) is 0 Å². The minimum absolute atomic E-state index is 0.599. The van der Waals surface area contributed by atoms with Crippen LogP contribution in [0.5, 0.6) is 5.75 Å². The van der Waals surface area contributed by atoms with Crippen molar-refractivity contribution in [3.05, 3.63) is 54.1 Å². The van der Waals surface area contributed by atoms with E-state index in [4.69, 9.17) is 15.7 Å². The molecule has 0 radical (unpaired) electrons. The lowest BCUT2D eigenvalue weighted by Crippen LogP contribution is -2.08. The van der Waals surface area contributed by atoms with Crippen LogP contribution < -0.4 is 15.8 Å². The van der Waals surface area contributed by atoms with Crippen LogP contribution in [0.15, 0.2) is 48.5 Å². The van der Waals surface area contributed by atoms with E-state index in [1.165, 1.54) is 0 Å². The Bertz CT molecular complexity index is 590. The van der Waals surface area contributed by atoms with Crippen LogP contribution >= 0.6 is 0 Å². The quantitative estimate of drug-likeness (QED) is 0.623. The van der Waals surface area contributed by atoms with Crippen molar-refractivity contribution in [2.24, 2.45) is 0 Å². The molecule has 0 atom stereocenters. The monoisotopic (exact) mass is 267 g/mol. The molecule has 0 aliphatic heterocycles. The highest BCUT2D eigenvalue weighted by molar-refractivity contribution is 5.68. The third kappa shape index (κ3) is 3.92. The summed E-state index contributed by atoms with van der Waals surface area (Å²) < 4.78 is 5.60. The van der Waals surface area contributed by atoms with Gasteiger partial charge in [-0.2, -0.15) is 5.26 Å². The molecule has 0 unspecified atom stereocenters. The predicted octanol–water partition coefficient (Wildman–Crippen LogP) is 3.02. The number of nitriles is 1. The molecule has 0 saturated heterocycles. The second-order valence-electron chi connectivity index (χ2n) is 4.36. The molecule has 102 valence electrons. The van der Waals surface area contributed by atoms with Gasteiger partial charge in [-0.1, -0.05) is 18.2 Å². The van der Waals surface area contributed by atoms with E-state index in [0.717, 1.165) is 24.4 Å². The number of nitrogen functional groups attached to an aromatic ring is 1. The van der Waals surface area contributed by atoms with Crippen LogP contribution in [0.4, 0.5) is 11.4 Å². The molecule has 20 heavy (non-hydrogen) atoms. The van der Waals surface area contributed by atoms with E-state index in [9.17, 15) is 0 Å². The first-order valence-corrected chi connectivity index (χ1v) is 6.51. The van der Waals surface area contributed by atoms with Crippen LogP contribution in [-0.4, -0.2) is 13.2 Å². The van der Waals surface area contributed by atoms with Gasteiger partial charge < -0.3 is 15.8 Å². The highest BCUT2D eigenvalue weighted by Crippen LogP contribution is 2.19. The lowest BCUT2D eigenvalue weighted by Gasteiger charge is -2.10. The second kappa shape index (κ2) is 7.05. The Morgan fingerprint density at radius 2 is 1.95 bits per heavy atom. The zero-order valence-electron chi connectivity index (χ0n) is 11.2. The lowest BCUT2D eigenvalue weighted by molar-refractivity contribution is 0.315. The van der Waals surface area contributed by atoms with Gasteiger partial charge in [0, 0.05) is 6.54 Å². The maximum Gasteiger partial charge on any atom is 0.119 e. The SMILES string of the molecule is N#Cc1ccc(N)c(NCCCOc2ccccc2)c1. The van der Waals surface area contributed by atoms with Crippen LogP contribution in [-0.2, 0) is 0 Å². The summed E-state index contributed by atoms with van der Waals surface area (Å²) in [6.45, 7) is 1.38. The number of nitrogens with one attached hydrogen (secondary N) is 1. The molecule has 0 heterocycles. The van der Waals surface area contributed by atoms with Gasteiger partial charge in [0.2, 0.25) is 0 Å². The summed E-state index contributed by atoms with van der Waals surface area (Å²) in [6, 6.07) is 17.0. The van der Waals surface area contributed by atoms with Crippen molar-refractivity contribution in [1.29, 1.82) is 5.26 Å². The molecule has 3 N–H and O–H groups in total. The van der Waals surface area contributed by atoms with Crippen molar-refractivity contribution >= 4 is 11.4 Å². The number of para-hydroxylation sites is 1. The fourth-order valence-corrected chi connectivity index (χ4v) is 1.78. The number of nitrogens with two attached hydrogens (primary N) is 1. The molecular formula is C16H17N3O. The number of benzene rings is 2. The first kappa shape index (κ1) is 13.8. The van der Waals surface area contributed by atoms with Crippen LogP contribution in [0, 0.1) is 11.3 Å². The van der Waals surface area contributed by atoms with Crippen molar-refractivity contribution in [1.82, 2.24) is 0 Å². The fourth-order valence-electron chi connectivity index (χ4n) is 1.78. The first-order chi connectivity index (χ1) is 9.79. The summed E-state index contributed by atoms with van der Waals surface area (Å²) in [7, 11) is 0. The van der Waals surface area contributed by atoms with E-state index in [2.05, 4.69) is 11.4 Å². The van der Waals surface area contributed by atoms with Crippen LogP contribution in [0.1, 0.15) is 12.0 Å². The van der Waals surface area contributed by atoms with Gasteiger partial charge in [0.15, 0.2) is 0 Å². The van der Waals surface area contributed by atoms with Gasteiger partial charge in [0.25, 0.3) is 0 Å². The highest BCUT2D eigenvalue weighted by atomic mass is 16.5. The summed E-state index contributed by atoms with van der Waals surface area (Å²) in [4.78, 5) is 0. The average molecular weight is 267 g/mol. The maximum atomic E-state index is 8.85. The average Bonchev–Trinajstić information content (AvgIpc) is 2.50. The third-order valence-corrected chi connectivity index (χ3v) is 2.83. The van der Waals surface area contributed by atoms with E-state index in [-0.39, 0.29) is 0 Å². The molecule has 4 heteroatoms. The Labute approximate surface area is 118 Å². The normalized spacial score (nSPS) is 9.75. The Kier molecular flexibility index (Phi) is 4.85. The van der Waals surface area contributed by atoms with Crippen LogP contribution in [0.3, 0.4) is 0 Å². The minimum atomic E-state index is 0.599. The highest BCUT2D eigenvalue weighted by Gasteiger charge is 2.00. The molecule has 2 rings (SSSR count). The molecule has 0 spiro atoms. The predicted molar refractivity (Wildman–Crippen MR) is 80.6 cm³/mol. The summed E-state index contributed by atoms with van der Waals surface area (Å²) in [5.74, 6) is 0.874. The molecule has 2 aromatic carbocycles. The molecule has 4 nitrogen and oxygen atoms in total. The van der Waals surface area contributed by atoms with E-state index < -0.39 is 0 Å². The zero-order chi connectivity index (χ0) is 14.2. The van der Waals surface area contributed by atoms with Gasteiger partial charge in [-0.25, -0.2) is 0 Å². The number of anilines is 2. The van der Waals surface area contributed by atoms with E-state index in [1.54, 1.807) is 18.2 Å². The second-order valence-corrected chi connectivity index (χ2v) is 4.36. The lowest BCUT2D eigenvalue weighted by atomic mass is 10.2. The van der Waals surface area contributed by atoms with Crippen LogP contribution in [0.25, 0.3) is 0 Å². The number of hydrogen-bond donors (Lipinski definition) is 2. The molecule has 0 amide bonds. The molecule has 0 aliphatic carbocycles. The van der Waals surface area contributed by atoms with Gasteiger partial charge in [0.05, 0.1) is 29.6 Å². The van der Waals surface area contributed by atoms with Gasteiger partial charge in [-0.3, -0.25) is 0 Å². The van der Waals surface area contributed by atoms with Crippen LogP contribution in [0.2, 0.25) is 0 Å². The van der Waals surface area contributed by atoms with E-state index >= 15 is 0 Å². The number of hydrogen-bond acceptors (Lipinski definition) is 4. The topological polar surface area (TPSA) is 71.1 Å². The van der Waals surface area contributed by atoms with E-state index in [1.807, 2.05) is 30.3 Å². The van der Waals surface area contributed by atoms with Gasteiger partial charge in [-0.05, 0) is 36.8 Å². The molecule has 0 fully saturated rings. The molecular weight excluding hydrogens is 250 g/mol. The maximum absolute atomic E-state index is 8.85. The largest absolute Gasteiger partial charge is 0.494 e. The molecule has 0 saturated carbocycles. The number of rotatable bonds is 6. The van der Waals surface area contributed by atoms with Gasteiger partial charge in [0.1, 0.15) is 5.75 Å².